The number of hydrogen-bond acceptors (Lipinski definition) is 2. The topological polar surface area (TPSA) is 53.2 Å². The maximum atomic E-state index is 12.1. The normalized spacial score (nSPS) is 12.5. The number of anilines is 3. The van der Waals surface area contributed by atoms with Crippen LogP contribution in [0, 0.1) is 6.92 Å². The van der Waals surface area contributed by atoms with E-state index in [0.29, 0.717) is 0 Å². The predicted molar refractivity (Wildman–Crippen MR) is 94.4 cm³/mol. The molecule has 0 spiro atoms. The molecule has 2 amide bonds. The Labute approximate surface area is 137 Å². The summed E-state index contributed by atoms with van der Waals surface area (Å²) < 4.78 is 0.988. The van der Waals surface area contributed by atoms with Gasteiger partial charge in [-0.1, -0.05) is 22.5 Å². The lowest BCUT2D eigenvalue weighted by atomic mass is 10.1. The van der Waals surface area contributed by atoms with Crippen molar-refractivity contribution < 1.29 is 4.79 Å². The van der Waals surface area contributed by atoms with E-state index in [0.717, 1.165) is 44.8 Å². The Hall–Kier alpha value is -2.27. The summed E-state index contributed by atoms with van der Waals surface area (Å²) in [6.45, 7) is 5.87. The van der Waals surface area contributed by atoms with Crippen molar-refractivity contribution in [2.24, 2.45) is 0 Å². The van der Waals surface area contributed by atoms with Crippen molar-refractivity contribution in [2.75, 3.05) is 16.0 Å². The van der Waals surface area contributed by atoms with E-state index in [2.05, 4.69) is 38.5 Å². The Morgan fingerprint density at radius 3 is 2.82 bits per heavy atom. The van der Waals surface area contributed by atoms with Crippen molar-refractivity contribution in [1.29, 1.82) is 0 Å². The number of rotatable bonds is 2. The van der Waals surface area contributed by atoms with Crippen molar-refractivity contribution in [3.63, 3.8) is 0 Å². The first kappa shape index (κ1) is 14.7. The first-order valence-electron chi connectivity index (χ1n) is 6.93. The first-order chi connectivity index (χ1) is 10.5. The number of amides is 2. The van der Waals surface area contributed by atoms with Crippen molar-refractivity contribution in [3.8, 4) is 0 Å². The van der Waals surface area contributed by atoms with Crippen LogP contribution in [0.15, 0.2) is 53.1 Å². The fourth-order valence-corrected chi connectivity index (χ4v) is 2.93. The number of halogens is 1. The van der Waals surface area contributed by atoms with Gasteiger partial charge in [0.25, 0.3) is 0 Å². The standard InChI is InChI=1S/C17H16BrN3O/c1-10-7-13(18)3-5-15(10)21-17(22)20-14-4-6-16-12(9-14)8-11(2)19-16/h3-7,9,19H,2,8H2,1H3,(H2,20,21,22). The van der Waals surface area contributed by atoms with Gasteiger partial charge >= 0.3 is 6.03 Å². The number of carbonyl (C=O) groups excluding carboxylic acids is 1. The van der Waals surface area contributed by atoms with Crippen LogP contribution < -0.4 is 16.0 Å². The van der Waals surface area contributed by atoms with E-state index < -0.39 is 0 Å². The summed E-state index contributed by atoms with van der Waals surface area (Å²) >= 11 is 3.41. The van der Waals surface area contributed by atoms with E-state index in [-0.39, 0.29) is 6.03 Å². The molecule has 0 aromatic heterocycles. The van der Waals surface area contributed by atoms with E-state index in [1.165, 1.54) is 0 Å². The number of urea groups is 1. The molecule has 2 aromatic carbocycles. The fourth-order valence-electron chi connectivity index (χ4n) is 2.46. The molecule has 2 aromatic rings. The zero-order valence-corrected chi connectivity index (χ0v) is 13.8. The lowest BCUT2D eigenvalue weighted by Gasteiger charge is -2.11. The van der Waals surface area contributed by atoms with E-state index in [4.69, 9.17) is 0 Å². The van der Waals surface area contributed by atoms with Crippen LogP contribution in [0.1, 0.15) is 11.1 Å². The Morgan fingerprint density at radius 2 is 2.05 bits per heavy atom. The Bertz CT molecular complexity index is 770. The molecule has 0 fully saturated rings. The molecule has 1 aliphatic heterocycles. The SMILES string of the molecule is C=C1Cc2cc(NC(=O)Nc3ccc(Br)cc3C)ccc2N1. The molecule has 0 radical (unpaired) electrons. The highest BCUT2D eigenvalue weighted by Crippen LogP contribution is 2.29. The number of allylic oxidation sites excluding steroid dienone is 1. The molecule has 0 saturated carbocycles. The highest BCUT2D eigenvalue weighted by Gasteiger charge is 2.14. The minimum absolute atomic E-state index is 0.254. The van der Waals surface area contributed by atoms with Gasteiger partial charge in [-0.3, -0.25) is 0 Å². The summed E-state index contributed by atoms with van der Waals surface area (Å²) in [5, 5.41) is 8.92. The van der Waals surface area contributed by atoms with Crippen LogP contribution in [0.4, 0.5) is 21.9 Å². The van der Waals surface area contributed by atoms with Crippen molar-refractivity contribution in [2.45, 2.75) is 13.3 Å². The molecule has 0 atom stereocenters. The quantitative estimate of drug-likeness (QED) is 0.716. The van der Waals surface area contributed by atoms with Crippen LogP contribution >= 0.6 is 15.9 Å². The van der Waals surface area contributed by atoms with Crippen LogP contribution in [0.2, 0.25) is 0 Å². The van der Waals surface area contributed by atoms with Crippen LogP contribution in [-0.2, 0) is 6.42 Å². The van der Waals surface area contributed by atoms with Gasteiger partial charge in [-0.05, 0) is 54.4 Å². The van der Waals surface area contributed by atoms with Crippen LogP contribution in [0.3, 0.4) is 0 Å². The molecule has 1 heterocycles. The summed E-state index contributed by atoms with van der Waals surface area (Å²) in [5.74, 6) is 0. The summed E-state index contributed by atoms with van der Waals surface area (Å²) in [7, 11) is 0. The highest BCUT2D eigenvalue weighted by atomic mass is 79.9. The van der Waals surface area contributed by atoms with Crippen LogP contribution in [0.25, 0.3) is 0 Å². The molecule has 4 nitrogen and oxygen atoms in total. The third-order valence-electron chi connectivity index (χ3n) is 3.52. The number of carbonyl (C=O) groups is 1. The van der Waals surface area contributed by atoms with Gasteiger partial charge in [0.15, 0.2) is 0 Å². The summed E-state index contributed by atoms with van der Waals surface area (Å²) in [6, 6.07) is 11.3. The average molecular weight is 358 g/mol. The van der Waals surface area contributed by atoms with Gasteiger partial charge in [0.05, 0.1) is 0 Å². The van der Waals surface area contributed by atoms with Gasteiger partial charge in [0, 0.05) is 33.7 Å². The molecular weight excluding hydrogens is 342 g/mol. The summed E-state index contributed by atoms with van der Waals surface area (Å²) in [4.78, 5) is 12.1. The molecule has 0 saturated heterocycles. The molecule has 5 heteroatoms. The number of aryl methyl sites for hydroxylation is 1. The fraction of sp³-hybridized carbons (Fsp3) is 0.118. The second kappa shape index (κ2) is 5.85. The van der Waals surface area contributed by atoms with Gasteiger partial charge in [0.1, 0.15) is 0 Å². The van der Waals surface area contributed by atoms with E-state index in [1.54, 1.807) is 0 Å². The zero-order valence-electron chi connectivity index (χ0n) is 12.2. The number of nitrogens with one attached hydrogen (secondary N) is 3. The third-order valence-corrected chi connectivity index (χ3v) is 4.01. The van der Waals surface area contributed by atoms with Crippen molar-refractivity contribution in [3.05, 3.63) is 64.3 Å². The maximum absolute atomic E-state index is 12.1. The minimum Gasteiger partial charge on any atom is -0.359 e. The Kier molecular flexibility index (Phi) is 3.90. The summed E-state index contributed by atoms with van der Waals surface area (Å²) in [6.07, 6.45) is 0.790. The van der Waals surface area contributed by atoms with E-state index >= 15 is 0 Å². The number of fused-ring (bicyclic) bond motifs is 1. The molecule has 0 bridgehead atoms. The molecule has 3 rings (SSSR count). The van der Waals surface area contributed by atoms with Crippen molar-refractivity contribution in [1.82, 2.24) is 0 Å². The number of hydrogen-bond donors (Lipinski definition) is 3. The predicted octanol–water partition coefficient (Wildman–Crippen LogP) is 4.88. The van der Waals surface area contributed by atoms with Gasteiger partial charge < -0.3 is 16.0 Å². The number of benzene rings is 2. The van der Waals surface area contributed by atoms with Gasteiger partial charge in [-0.2, -0.15) is 0 Å². The molecule has 0 aliphatic carbocycles. The Balaban J connectivity index is 1.70. The molecule has 112 valence electrons. The van der Waals surface area contributed by atoms with Crippen LogP contribution in [0.5, 0.6) is 0 Å². The van der Waals surface area contributed by atoms with E-state index in [9.17, 15) is 4.79 Å². The highest BCUT2D eigenvalue weighted by molar-refractivity contribution is 9.10. The monoisotopic (exact) mass is 357 g/mol. The molecule has 1 aliphatic rings. The second-order valence-electron chi connectivity index (χ2n) is 5.32. The third kappa shape index (κ3) is 3.14. The lowest BCUT2D eigenvalue weighted by molar-refractivity contribution is 0.262. The minimum atomic E-state index is -0.254. The van der Waals surface area contributed by atoms with Crippen molar-refractivity contribution >= 4 is 39.0 Å². The smallest absolute Gasteiger partial charge is 0.323 e. The average Bonchev–Trinajstić information content (AvgIpc) is 2.81. The molecule has 0 unspecified atom stereocenters. The molecule has 3 N–H and O–H groups in total. The largest absolute Gasteiger partial charge is 0.359 e. The molecule has 22 heavy (non-hydrogen) atoms. The first-order valence-corrected chi connectivity index (χ1v) is 7.72. The van der Waals surface area contributed by atoms with Crippen LogP contribution in [-0.4, -0.2) is 6.03 Å². The Morgan fingerprint density at radius 1 is 1.23 bits per heavy atom. The lowest BCUT2D eigenvalue weighted by Crippen LogP contribution is -2.20. The summed E-state index contributed by atoms with van der Waals surface area (Å²) in [5.41, 5.74) is 5.72. The van der Waals surface area contributed by atoms with Gasteiger partial charge in [-0.15, -0.1) is 0 Å². The van der Waals surface area contributed by atoms with Gasteiger partial charge in [0.2, 0.25) is 0 Å². The van der Waals surface area contributed by atoms with E-state index in [1.807, 2.05) is 43.3 Å². The zero-order chi connectivity index (χ0) is 15.7. The van der Waals surface area contributed by atoms with Gasteiger partial charge in [-0.25, -0.2) is 4.79 Å². The maximum Gasteiger partial charge on any atom is 0.323 e. The molecular formula is C17H16BrN3O. The second-order valence-corrected chi connectivity index (χ2v) is 6.23.